The van der Waals surface area contributed by atoms with Crippen LogP contribution in [0.4, 0.5) is 0 Å². The SMILES string of the molecule is O=C(C1CCC1)N1CCCCC1CBr. The van der Waals surface area contributed by atoms with Crippen molar-refractivity contribution < 1.29 is 4.79 Å². The summed E-state index contributed by atoms with van der Waals surface area (Å²) in [7, 11) is 0. The number of rotatable bonds is 2. The van der Waals surface area contributed by atoms with E-state index in [1.54, 1.807) is 0 Å². The second-order valence-electron chi connectivity index (χ2n) is 4.46. The summed E-state index contributed by atoms with van der Waals surface area (Å²) >= 11 is 3.51. The van der Waals surface area contributed by atoms with Crippen LogP contribution in [0.15, 0.2) is 0 Å². The Morgan fingerprint density at radius 3 is 2.57 bits per heavy atom. The first kappa shape index (κ1) is 10.5. The summed E-state index contributed by atoms with van der Waals surface area (Å²) in [5, 5.41) is 0.950. The standard InChI is InChI=1S/C11H18BrNO/c12-8-10-6-1-2-7-13(10)11(14)9-4-3-5-9/h9-10H,1-8H2. The Balaban J connectivity index is 1.95. The van der Waals surface area contributed by atoms with Crippen molar-refractivity contribution in [3.63, 3.8) is 0 Å². The smallest absolute Gasteiger partial charge is 0.225 e. The number of likely N-dealkylation sites (tertiary alicyclic amines) is 1. The van der Waals surface area contributed by atoms with Crippen LogP contribution >= 0.6 is 15.9 Å². The Kier molecular flexibility index (Phi) is 3.47. The van der Waals surface area contributed by atoms with Gasteiger partial charge in [0.1, 0.15) is 0 Å². The Bertz CT molecular complexity index is 215. The predicted octanol–water partition coefficient (Wildman–Crippen LogP) is 2.56. The van der Waals surface area contributed by atoms with Gasteiger partial charge in [0.2, 0.25) is 5.91 Å². The first-order valence-electron chi connectivity index (χ1n) is 5.69. The quantitative estimate of drug-likeness (QED) is 0.699. The van der Waals surface area contributed by atoms with Gasteiger partial charge in [0.05, 0.1) is 0 Å². The fourth-order valence-corrected chi connectivity index (χ4v) is 3.01. The van der Waals surface area contributed by atoms with Crippen LogP contribution in [0.2, 0.25) is 0 Å². The molecule has 2 nitrogen and oxygen atoms in total. The van der Waals surface area contributed by atoms with E-state index in [-0.39, 0.29) is 0 Å². The highest BCUT2D eigenvalue weighted by Gasteiger charge is 2.33. The molecule has 3 heteroatoms. The molecule has 1 aliphatic carbocycles. The van der Waals surface area contributed by atoms with Crippen LogP contribution in [0.3, 0.4) is 0 Å². The van der Waals surface area contributed by atoms with Crippen LogP contribution in [0.5, 0.6) is 0 Å². The average Bonchev–Trinajstić information content (AvgIpc) is 2.15. The van der Waals surface area contributed by atoms with Crippen LogP contribution in [-0.2, 0) is 4.79 Å². The molecular weight excluding hydrogens is 242 g/mol. The molecule has 1 saturated carbocycles. The molecule has 2 fully saturated rings. The van der Waals surface area contributed by atoms with Crippen LogP contribution in [0, 0.1) is 5.92 Å². The zero-order chi connectivity index (χ0) is 9.97. The Morgan fingerprint density at radius 2 is 2.00 bits per heavy atom. The number of hydrogen-bond donors (Lipinski definition) is 0. The summed E-state index contributed by atoms with van der Waals surface area (Å²) in [4.78, 5) is 14.2. The first-order valence-corrected chi connectivity index (χ1v) is 6.81. The number of alkyl halides is 1. The molecule has 1 saturated heterocycles. The van der Waals surface area contributed by atoms with Gasteiger partial charge in [-0.05, 0) is 32.1 Å². The normalized spacial score (nSPS) is 28.6. The summed E-state index contributed by atoms with van der Waals surface area (Å²) in [6.45, 7) is 0.992. The monoisotopic (exact) mass is 259 g/mol. The fourth-order valence-electron chi connectivity index (χ4n) is 2.34. The zero-order valence-electron chi connectivity index (χ0n) is 8.54. The third-order valence-electron chi connectivity index (χ3n) is 3.54. The highest BCUT2D eigenvalue weighted by molar-refractivity contribution is 9.09. The number of carbonyl (C=O) groups excluding carboxylic acids is 1. The van der Waals surface area contributed by atoms with E-state index in [9.17, 15) is 4.79 Å². The van der Waals surface area contributed by atoms with Crippen molar-refractivity contribution in [3.8, 4) is 0 Å². The van der Waals surface area contributed by atoms with Gasteiger partial charge in [-0.15, -0.1) is 0 Å². The Morgan fingerprint density at radius 1 is 1.21 bits per heavy atom. The first-order chi connectivity index (χ1) is 6.83. The lowest BCUT2D eigenvalue weighted by Gasteiger charge is -2.39. The highest BCUT2D eigenvalue weighted by atomic mass is 79.9. The number of halogens is 1. The molecule has 80 valence electrons. The number of carbonyl (C=O) groups is 1. The molecule has 2 aliphatic rings. The molecule has 1 heterocycles. The highest BCUT2D eigenvalue weighted by Crippen LogP contribution is 2.31. The largest absolute Gasteiger partial charge is 0.339 e. The lowest BCUT2D eigenvalue weighted by Crippen LogP contribution is -2.48. The van der Waals surface area contributed by atoms with Crippen molar-refractivity contribution in [1.29, 1.82) is 0 Å². The van der Waals surface area contributed by atoms with Gasteiger partial charge in [0.15, 0.2) is 0 Å². The van der Waals surface area contributed by atoms with Crippen LogP contribution in [0.1, 0.15) is 38.5 Å². The molecule has 1 aliphatic heterocycles. The molecule has 1 unspecified atom stereocenters. The molecule has 2 rings (SSSR count). The lowest BCUT2D eigenvalue weighted by atomic mass is 9.83. The summed E-state index contributed by atoms with van der Waals surface area (Å²) in [5.41, 5.74) is 0. The minimum absolute atomic E-state index is 0.370. The summed E-state index contributed by atoms with van der Waals surface area (Å²) in [6.07, 6.45) is 7.17. The number of nitrogens with zero attached hydrogens (tertiary/aromatic N) is 1. The maximum Gasteiger partial charge on any atom is 0.225 e. The van der Waals surface area contributed by atoms with Gasteiger partial charge in [-0.3, -0.25) is 4.79 Å². The van der Waals surface area contributed by atoms with Crippen molar-refractivity contribution in [1.82, 2.24) is 4.90 Å². The second kappa shape index (κ2) is 4.65. The van der Waals surface area contributed by atoms with Gasteiger partial charge in [0, 0.05) is 23.8 Å². The van der Waals surface area contributed by atoms with E-state index in [0.29, 0.717) is 17.9 Å². The second-order valence-corrected chi connectivity index (χ2v) is 5.11. The zero-order valence-corrected chi connectivity index (χ0v) is 10.1. The van der Waals surface area contributed by atoms with Crippen molar-refractivity contribution in [2.24, 2.45) is 5.92 Å². The minimum Gasteiger partial charge on any atom is -0.339 e. The van der Waals surface area contributed by atoms with Gasteiger partial charge >= 0.3 is 0 Å². The summed E-state index contributed by atoms with van der Waals surface area (Å²) < 4.78 is 0. The van der Waals surface area contributed by atoms with Crippen molar-refractivity contribution >= 4 is 21.8 Å². The van der Waals surface area contributed by atoms with E-state index in [2.05, 4.69) is 20.8 Å². The Hall–Kier alpha value is -0.0500. The van der Waals surface area contributed by atoms with E-state index in [1.165, 1.54) is 25.7 Å². The lowest BCUT2D eigenvalue weighted by molar-refractivity contribution is -0.141. The molecule has 0 N–H and O–H groups in total. The van der Waals surface area contributed by atoms with E-state index in [4.69, 9.17) is 0 Å². The van der Waals surface area contributed by atoms with Gasteiger partial charge in [0.25, 0.3) is 0 Å². The van der Waals surface area contributed by atoms with E-state index in [1.807, 2.05) is 0 Å². The van der Waals surface area contributed by atoms with E-state index >= 15 is 0 Å². The average molecular weight is 260 g/mol. The third kappa shape index (κ3) is 1.97. The minimum atomic E-state index is 0.370. The van der Waals surface area contributed by atoms with E-state index in [0.717, 1.165) is 24.7 Å². The molecule has 14 heavy (non-hydrogen) atoms. The maximum absolute atomic E-state index is 12.1. The molecule has 0 aromatic rings. The number of hydrogen-bond acceptors (Lipinski definition) is 1. The molecule has 0 spiro atoms. The van der Waals surface area contributed by atoms with Crippen LogP contribution < -0.4 is 0 Å². The summed E-state index contributed by atoms with van der Waals surface area (Å²) in [5.74, 6) is 0.801. The molecule has 1 amide bonds. The Labute approximate surface area is 94.2 Å². The number of amides is 1. The van der Waals surface area contributed by atoms with Gasteiger partial charge in [-0.1, -0.05) is 22.4 Å². The summed E-state index contributed by atoms with van der Waals surface area (Å²) in [6, 6.07) is 0.469. The third-order valence-corrected chi connectivity index (χ3v) is 4.29. The van der Waals surface area contributed by atoms with Crippen molar-refractivity contribution in [3.05, 3.63) is 0 Å². The molecule has 0 radical (unpaired) electrons. The van der Waals surface area contributed by atoms with Gasteiger partial charge < -0.3 is 4.90 Å². The van der Waals surface area contributed by atoms with Gasteiger partial charge in [-0.2, -0.15) is 0 Å². The topological polar surface area (TPSA) is 20.3 Å². The predicted molar refractivity (Wildman–Crippen MR) is 60.5 cm³/mol. The molecular formula is C11H18BrNO. The molecule has 0 bridgehead atoms. The molecule has 0 aromatic heterocycles. The van der Waals surface area contributed by atoms with Crippen LogP contribution in [0.25, 0.3) is 0 Å². The van der Waals surface area contributed by atoms with E-state index < -0.39 is 0 Å². The molecule has 0 aromatic carbocycles. The maximum atomic E-state index is 12.1. The van der Waals surface area contributed by atoms with Crippen molar-refractivity contribution in [2.45, 2.75) is 44.6 Å². The number of piperidine rings is 1. The fraction of sp³-hybridized carbons (Fsp3) is 0.909. The van der Waals surface area contributed by atoms with Crippen molar-refractivity contribution in [2.75, 3.05) is 11.9 Å². The van der Waals surface area contributed by atoms with Gasteiger partial charge in [-0.25, -0.2) is 0 Å². The van der Waals surface area contributed by atoms with Crippen LogP contribution in [-0.4, -0.2) is 28.7 Å². The molecule has 1 atom stereocenters.